The van der Waals surface area contributed by atoms with Crippen molar-refractivity contribution in [2.75, 3.05) is 0 Å². The van der Waals surface area contributed by atoms with Gasteiger partial charge in [-0.3, -0.25) is 0 Å². The smallest absolute Gasteiger partial charge is 0.378 e. The predicted octanol–water partition coefficient (Wildman–Crippen LogP) is 8.33. The molecule has 33 heavy (non-hydrogen) atoms. The minimum absolute atomic E-state index is 0.0516. The summed E-state index contributed by atoms with van der Waals surface area (Å²) >= 11 is 0. The number of ether oxygens (including phenoxy) is 2. The Bertz CT molecular complexity index is 708. The second kappa shape index (κ2) is 17.3. The fourth-order valence-electron chi connectivity index (χ4n) is 4.13. The number of cyclic esters (lactones) is 1. The quantitative estimate of drug-likeness (QED) is 0.129. The zero-order valence-corrected chi connectivity index (χ0v) is 20.6. The molecular weight excluding hydrogens is 412 g/mol. The Morgan fingerprint density at radius 3 is 2.06 bits per heavy atom. The second-order valence-electron chi connectivity index (χ2n) is 9.11. The lowest BCUT2D eigenvalue weighted by molar-refractivity contribution is -0.143. The van der Waals surface area contributed by atoms with E-state index in [0.717, 1.165) is 18.4 Å². The molecule has 4 nitrogen and oxygen atoms in total. The molecule has 0 fully saturated rings. The third-order valence-corrected chi connectivity index (χ3v) is 6.18. The van der Waals surface area contributed by atoms with E-state index in [4.69, 9.17) is 9.47 Å². The molecule has 1 aromatic carbocycles. The zero-order chi connectivity index (χ0) is 23.6. The van der Waals surface area contributed by atoms with Gasteiger partial charge in [0, 0.05) is 0 Å². The molecule has 0 amide bonds. The molecule has 1 N–H and O–H groups in total. The Morgan fingerprint density at radius 2 is 1.42 bits per heavy atom. The van der Waals surface area contributed by atoms with Crippen molar-refractivity contribution >= 4 is 5.97 Å². The highest BCUT2D eigenvalue weighted by atomic mass is 16.6. The maximum Gasteiger partial charge on any atom is 0.378 e. The molecule has 0 saturated carbocycles. The normalized spacial score (nSPS) is 16.0. The van der Waals surface area contributed by atoms with Gasteiger partial charge in [-0.1, -0.05) is 120 Å². The van der Waals surface area contributed by atoms with E-state index in [1.807, 2.05) is 30.3 Å². The average Bonchev–Trinajstić information content (AvgIpc) is 3.10. The highest BCUT2D eigenvalue weighted by Gasteiger charge is 2.35. The fourth-order valence-corrected chi connectivity index (χ4v) is 4.13. The van der Waals surface area contributed by atoms with Crippen LogP contribution in [0.25, 0.3) is 0 Å². The van der Waals surface area contributed by atoms with Gasteiger partial charge >= 0.3 is 5.97 Å². The predicted molar refractivity (Wildman–Crippen MR) is 135 cm³/mol. The van der Waals surface area contributed by atoms with Crippen molar-refractivity contribution in [1.29, 1.82) is 0 Å². The molecule has 4 heteroatoms. The molecule has 0 saturated heterocycles. The molecule has 1 atom stereocenters. The summed E-state index contributed by atoms with van der Waals surface area (Å²) in [7, 11) is 0. The summed E-state index contributed by atoms with van der Waals surface area (Å²) in [5, 5.41) is 10.3. The molecule has 0 bridgehead atoms. The van der Waals surface area contributed by atoms with E-state index in [1.165, 1.54) is 77.0 Å². The van der Waals surface area contributed by atoms with Crippen molar-refractivity contribution in [1.82, 2.24) is 0 Å². The first-order valence-electron chi connectivity index (χ1n) is 13.2. The Balaban J connectivity index is 1.47. The Morgan fingerprint density at radius 1 is 0.848 bits per heavy atom. The number of hydrogen-bond acceptors (Lipinski definition) is 4. The highest BCUT2D eigenvalue weighted by Crippen LogP contribution is 2.26. The van der Waals surface area contributed by atoms with Gasteiger partial charge in [0.15, 0.2) is 11.9 Å². The molecule has 1 aliphatic rings. The standard InChI is InChI=1S/C29H44O4/c1-2-3-4-5-6-7-8-9-10-11-12-13-14-15-16-20-23-26-27(30)28(29(31)33-26)32-24-25-21-18-17-19-22-25/h15-19,21-22,26,30H,2-14,20,23-24H2,1H3/b16-15-/t26-/m0/s1. The van der Waals surface area contributed by atoms with E-state index in [-0.39, 0.29) is 18.1 Å². The zero-order valence-electron chi connectivity index (χ0n) is 20.6. The van der Waals surface area contributed by atoms with E-state index < -0.39 is 12.1 Å². The van der Waals surface area contributed by atoms with Crippen molar-refractivity contribution in [3.63, 3.8) is 0 Å². The molecule has 1 heterocycles. The van der Waals surface area contributed by atoms with E-state index in [9.17, 15) is 9.90 Å². The largest absolute Gasteiger partial charge is 0.505 e. The van der Waals surface area contributed by atoms with Crippen LogP contribution >= 0.6 is 0 Å². The van der Waals surface area contributed by atoms with Crippen LogP contribution in [-0.2, 0) is 20.9 Å². The van der Waals surface area contributed by atoms with Crippen LogP contribution in [0.2, 0.25) is 0 Å². The Kier molecular flexibility index (Phi) is 14.1. The van der Waals surface area contributed by atoms with E-state index in [0.29, 0.717) is 6.42 Å². The van der Waals surface area contributed by atoms with Gasteiger partial charge in [-0.15, -0.1) is 0 Å². The van der Waals surface area contributed by atoms with Gasteiger partial charge in [-0.25, -0.2) is 4.79 Å². The molecule has 2 rings (SSSR count). The lowest BCUT2D eigenvalue weighted by atomic mass is 10.0. The lowest BCUT2D eigenvalue weighted by Gasteiger charge is -2.07. The van der Waals surface area contributed by atoms with Gasteiger partial charge in [0.1, 0.15) is 6.61 Å². The van der Waals surface area contributed by atoms with E-state index in [2.05, 4.69) is 19.1 Å². The Labute approximate surface area is 201 Å². The third kappa shape index (κ3) is 11.5. The van der Waals surface area contributed by atoms with Gasteiger partial charge in [0.25, 0.3) is 0 Å². The highest BCUT2D eigenvalue weighted by molar-refractivity contribution is 5.89. The maximum absolute atomic E-state index is 12.0. The first kappa shape index (κ1) is 27.0. The van der Waals surface area contributed by atoms with Gasteiger partial charge < -0.3 is 14.6 Å². The maximum atomic E-state index is 12.0. The summed E-state index contributed by atoms with van der Waals surface area (Å²) in [6.07, 6.45) is 22.6. The number of unbranched alkanes of at least 4 members (excludes halogenated alkanes) is 12. The monoisotopic (exact) mass is 456 g/mol. The van der Waals surface area contributed by atoms with Crippen molar-refractivity contribution < 1.29 is 19.4 Å². The number of carbonyl (C=O) groups is 1. The third-order valence-electron chi connectivity index (χ3n) is 6.18. The van der Waals surface area contributed by atoms with Crippen molar-refractivity contribution in [3.05, 3.63) is 59.6 Å². The molecule has 0 unspecified atom stereocenters. The summed E-state index contributed by atoms with van der Waals surface area (Å²) in [6, 6.07) is 9.57. The first-order valence-corrected chi connectivity index (χ1v) is 13.2. The van der Waals surface area contributed by atoms with Crippen LogP contribution in [0.4, 0.5) is 0 Å². The number of esters is 1. The number of benzene rings is 1. The molecule has 0 radical (unpaired) electrons. The van der Waals surface area contributed by atoms with Gasteiger partial charge in [0.05, 0.1) is 0 Å². The molecule has 0 aromatic heterocycles. The van der Waals surface area contributed by atoms with Gasteiger partial charge in [-0.05, 0) is 31.2 Å². The van der Waals surface area contributed by atoms with Crippen molar-refractivity contribution in [3.8, 4) is 0 Å². The number of aliphatic hydroxyl groups excluding tert-OH is 1. The molecular formula is C29H44O4. The molecule has 184 valence electrons. The molecule has 1 aliphatic heterocycles. The van der Waals surface area contributed by atoms with Crippen LogP contribution in [0, 0.1) is 0 Å². The number of allylic oxidation sites excluding steroid dienone is 2. The van der Waals surface area contributed by atoms with E-state index >= 15 is 0 Å². The van der Waals surface area contributed by atoms with Crippen molar-refractivity contribution in [2.24, 2.45) is 0 Å². The van der Waals surface area contributed by atoms with Crippen LogP contribution < -0.4 is 0 Å². The number of rotatable bonds is 19. The minimum atomic E-state index is -0.598. The van der Waals surface area contributed by atoms with Crippen molar-refractivity contribution in [2.45, 2.75) is 116 Å². The number of hydrogen-bond donors (Lipinski definition) is 1. The lowest BCUT2D eigenvalue weighted by Crippen LogP contribution is -2.10. The summed E-state index contributed by atoms with van der Waals surface area (Å²) in [5.41, 5.74) is 0.940. The summed E-state index contributed by atoms with van der Waals surface area (Å²) in [5.74, 6) is -0.705. The number of carbonyl (C=O) groups excluding carboxylic acids is 1. The van der Waals surface area contributed by atoms with E-state index in [1.54, 1.807) is 0 Å². The summed E-state index contributed by atoms with van der Waals surface area (Å²) < 4.78 is 10.8. The Hall–Kier alpha value is -2.23. The fraction of sp³-hybridized carbons (Fsp3) is 0.621. The summed E-state index contributed by atoms with van der Waals surface area (Å²) in [6.45, 7) is 2.51. The molecule has 0 aliphatic carbocycles. The first-order chi connectivity index (χ1) is 16.2. The minimum Gasteiger partial charge on any atom is -0.505 e. The van der Waals surface area contributed by atoms with Crippen LogP contribution in [0.15, 0.2) is 54.0 Å². The second-order valence-corrected chi connectivity index (χ2v) is 9.11. The van der Waals surface area contributed by atoms with Crippen LogP contribution in [0.3, 0.4) is 0 Å². The number of aliphatic hydroxyl groups is 1. The van der Waals surface area contributed by atoms with Crippen LogP contribution in [0.5, 0.6) is 0 Å². The van der Waals surface area contributed by atoms with Crippen LogP contribution in [0.1, 0.15) is 109 Å². The molecule has 1 aromatic rings. The van der Waals surface area contributed by atoms with Gasteiger partial charge in [0.2, 0.25) is 5.76 Å². The SMILES string of the molecule is CCCCCCCCCCCCCC/C=C\CC[C@@H]1OC(=O)C(OCc2ccccc2)=C1O. The average molecular weight is 457 g/mol. The molecule has 0 spiro atoms. The summed E-state index contributed by atoms with van der Waals surface area (Å²) in [4.78, 5) is 12.0. The van der Waals surface area contributed by atoms with Crippen LogP contribution in [-0.4, -0.2) is 17.2 Å². The van der Waals surface area contributed by atoms with Gasteiger partial charge in [-0.2, -0.15) is 0 Å². The topological polar surface area (TPSA) is 55.8 Å².